The summed E-state index contributed by atoms with van der Waals surface area (Å²) in [5, 5.41) is 1.33. The van der Waals surface area contributed by atoms with Crippen LogP contribution in [0.2, 0.25) is 0 Å². The second-order valence-corrected chi connectivity index (χ2v) is 6.66. The normalized spacial score (nSPS) is 10.9. The fraction of sp³-hybridized carbons (Fsp3) is 0. The van der Waals surface area contributed by atoms with Crippen molar-refractivity contribution in [3.8, 4) is 0 Å². The van der Waals surface area contributed by atoms with Crippen LogP contribution in [0.15, 0.2) is 22.4 Å². The summed E-state index contributed by atoms with van der Waals surface area (Å²) in [6.07, 6.45) is 0. The maximum absolute atomic E-state index is 4.34. The molecule has 12 heavy (non-hydrogen) atoms. The molecule has 0 nitrogen and oxygen atoms in total. The van der Waals surface area contributed by atoms with Gasteiger partial charge in [0.2, 0.25) is 0 Å². The van der Waals surface area contributed by atoms with Crippen LogP contribution < -0.4 is 0 Å². The highest BCUT2D eigenvalue weighted by atomic mass is 127. The summed E-state index contributed by atoms with van der Waals surface area (Å²) in [5.41, 5.74) is 0. The van der Waals surface area contributed by atoms with Crippen molar-refractivity contribution in [1.82, 2.24) is 0 Å². The zero-order chi connectivity index (χ0) is 8.72. The Morgan fingerprint density at radius 2 is 1.92 bits per heavy atom. The number of thiol groups is 1. The monoisotopic (exact) mass is 418 g/mol. The van der Waals surface area contributed by atoms with Crippen molar-refractivity contribution < 1.29 is 0 Å². The van der Waals surface area contributed by atoms with Crippen LogP contribution in [0.1, 0.15) is 0 Å². The van der Waals surface area contributed by atoms with Gasteiger partial charge < -0.3 is 0 Å². The lowest BCUT2D eigenvalue weighted by Gasteiger charge is -1.94. The Morgan fingerprint density at radius 3 is 2.67 bits per heavy atom. The van der Waals surface area contributed by atoms with Crippen LogP contribution in [0, 0.1) is 7.14 Å². The lowest BCUT2D eigenvalue weighted by molar-refractivity contribution is 1.69. The fourth-order valence-corrected chi connectivity index (χ4v) is 4.74. The fourth-order valence-electron chi connectivity index (χ4n) is 1.05. The standard InChI is InChI=1S/C8H4I2S2/c9-4-1-6(10)5-3-8(11)12-7(5)2-4/h1-3,11H. The average Bonchev–Trinajstić information content (AvgIpc) is 2.29. The highest BCUT2D eigenvalue weighted by Gasteiger charge is 2.03. The smallest absolute Gasteiger partial charge is 0.0581 e. The number of hydrogen-bond acceptors (Lipinski definition) is 2. The van der Waals surface area contributed by atoms with Crippen LogP contribution in [0.4, 0.5) is 0 Å². The van der Waals surface area contributed by atoms with Crippen LogP contribution in [0.5, 0.6) is 0 Å². The van der Waals surface area contributed by atoms with Crippen LogP contribution in [0.25, 0.3) is 10.1 Å². The summed E-state index contributed by atoms with van der Waals surface area (Å²) >= 11 is 10.8. The Balaban J connectivity index is 2.88. The van der Waals surface area contributed by atoms with Gasteiger partial charge in [-0.3, -0.25) is 0 Å². The number of halogens is 2. The van der Waals surface area contributed by atoms with E-state index in [1.54, 1.807) is 11.3 Å². The predicted octanol–water partition coefficient (Wildman–Crippen LogP) is 4.40. The van der Waals surface area contributed by atoms with Crippen molar-refractivity contribution in [2.45, 2.75) is 4.21 Å². The van der Waals surface area contributed by atoms with E-state index in [0.717, 1.165) is 4.21 Å². The van der Waals surface area contributed by atoms with Gasteiger partial charge in [0.25, 0.3) is 0 Å². The second-order valence-electron chi connectivity index (χ2n) is 2.38. The second kappa shape index (κ2) is 3.62. The van der Waals surface area contributed by atoms with Gasteiger partial charge in [0, 0.05) is 17.2 Å². The Hall–Kier alpha value is 0.990. The van der Waals surface area contributed by atoms with E-state index in [9.17, 15) is 0 Å². The largest absolute Gasteiger partial charge is 0.133 e. The molecule has 62 valence electrons. The Kier molecular flexibility index (Phi) is 2.88. The molecule has 0 atom stereocenters. The minimum absolute atomic E-state index is 1.09. The quantitative estimate of drug-likeness (QED) is 0.476. The van der Waals surface area contributed by atoms with Gasteiger partial charge in [-0.1, -0.05) is 0 Å². The Morgan fingerprint density at radius 1 is 1.17 bits per heavy atom. The van der Waals surface area contributed by atoms with Crippen molar-refractivity contribution in [3.05, 3.63) is 25.3 Å². The topological polar surface area (TPSA) is 0 Å². The third kappa shape index (κ3) is 1.76. The van der Waals surface area contributed by atoms with Gasteiger partial charge in [0.05, 0.1) is 4.21 Å². The first kappa shape index (κ1) is 9.54. The molecule has 0 saturated carbocycles. The molecule has 2 aromatic rings. The minimum Gasteiger partial charge on any atom is -0.133 e. The van der Waals surface area contributed by atoms with Crippen molar-refractivity contribution >= 4 is 79.2 Å². The summed E-state index contributed by atoms with van der Waals surface area (Å²) in [6.45, 7) is 0. The summed E-state index contributed by atoms with van der Waals surface area (Å²) < 4.78 is 5.02. The molecule has 0 unspecified atom stereocenters. The zero-order valence-corrected chi connectivity index (χ0v) is 11.9. The molecule has 4 heteroatoms. The van der Waals surface area contributed by atoms with Gasteiger partial charge in [-0.15, -0.1) is 24.0 Å². The van der Waals surface area contributed by atoms with Gasteiger partial charge in [0.1, 0.15) is 0 Å². The number of benzene rings is 1. The third-order valence-electron chi connectivity index (χ3n) is 1.54. The van der Waals surface area contributed by atoms with Crippen molar-refractivity contribution in [1.29, 1.82) is 0 Å². The van der Waals surface area contributed by atoms with E-state index < -0.39 is 0 Å². The molecule has 0 aliphatic rings. The summed E-state index contributed by atoms with van der Waals surface area (Å²) in [5.74, 6) is 0. The van der Waals surface area contributed by atoms with Crippen molar-refractivity contribution in [2.24, 2.45) is 0 Å². The highest BCUT2D eigenvalue weighted by molar-refractivity contribution is 14.1. The number of hydrogen-bond donors (Lipinski definition) is 1. The molecule has 0 radical (unpaired) electrons. The number of thiophene rings is 1. The summed E-state index contributed by atoms with van der Waals surface area (Å²) in [6, 6.07) is 6.51. The molecule has 0 aliphatic heterocycles. The summed E-state index contributed by atoms with van der Waals surface area (Å²) in [7, 11) is 0. The van der Waals surface area contributed by atoms with Crippen molar-refractivity contribution in [2.75, 3.05) is 0 Å². The van der Waals surface area contributed by atoms with Gasteiger partial charge in [0.15, 0.2) is 0 Å². The molecule has 0 bridgehead atoms. The highest BCUT2D eigenvalue weighted by Crippen LogP contribution is 2.32. The van der Waals surface area contributed by atoms with E-state index in [2.05, 4.69) is 76.0 Å². The molecule has 0 fully saturated rings. The molecular weight excluding hydrogens is 414 g/mol. The molecule has 1 aromatic carbocycles. The molecule has 0 amide bonds. The van der Waals surface area contributed by atoms with Crippen LogP contribution in [-0.2, 0) is 0 Å². The third-order valence-corrected chi connectivity index (χ3v) is 4.34. The molecule has 0 spiro atoms. The molecule has 0 aliphatic carbocycles. The van der Waals surface area contributed by atoms with E-state index in [0.29, 0.717) is 0 Å². The minimum atomic E-state index is 1.09. The number of fused-ring (bicyclic) bond motifs is 1. The van der Waals surface area contributed by atoms with E-state index in [1.165, 1.54) is 17.2 Å². The Bertz CT molecular complexity index is 434. The summed E-state index contributed by atoms with van der Waals surface area (Å²) in [4.78, 5) is 0. The predicted molar refractivity (Wildman–Crippen MR) is 74.5 cm³/mol. The van der Waals surface area contributed by atoms with Gasteiger partial charge in [-0.05, 0) is 63.4 Å². The zero-order valence-electron chi connectivity index (χ0n) is 5.84. The van der Waals surface area contributed by atoms with Crippen LogP contribution >= 0.6 is 69.1 Å². The SMILES string of the molecule is Sc1cc2c(I)cc(I)cc2s1. The van der Waals surface area contributed by atoms with Crippen molar-refractivity contribution in [3.63, 3.8) is 0 Å². The van der Waals surface area contributed by atoms with E-state index in [4.69, 9.17) is 0 Å². The maximum atomic E-state index is 4.34. The Labute approximate surface area is 107 Å². The first-order valence-corrected chi connectivity index (χ1v) is 6.66. The molecule has 1 aromatic heterocycles. The maximum Gasteiger partial charge on any atom is 0.0581 e. The number of rotatable bonds is 0. The van der Waals surface area contributed by atoms with E-state index in [1.807, 2.05) is 0 Å². The van der Waals surface area contributed by atoms with E-state index in [-0.39, 0.29) is 0 Å². The molecule has 0 saturated heterocycles. The molecule has 0 N–H and O–H groups in total. The van der Waals surface area contributed by atoms with E-state index >= 15 is 0 Å². The van der Waals surface area contributed by atoms with Gasteiger partial charge >= 0.3 is 0 Å². The molecular formula is C8H4I2S2. The van der Waals surface area contributed by atoms with Crippen LogP contribution in [0.3, 0.4) is 0 Å². The lowest BCUT2D eigenvalue weighted by Crippen LogP contribution is -1.74. The van der Waals surface area contributed by atoms with Gasteiger partial charge in [-0.2, -0.15) is 0 Å². The average molecular weight is 418 g/mol. The van der Waals surface area contributed by atoms with Gasteiger partial charge in [-0.25, -0.2) is 0 Å². The first-order valence-electron chi connectivity index (χ1n) is 3.24. The van der Waals surface area contributed by atoms with Crippen LogP contribution in [-0.4, -0.2) is 0 Å². The molecule has 2 rings (SSSR count). The first-order chi connectivity index (χ1) is 5.66. The lowest BCUT2D eigenvalue weighted by atomic mass is 10.3. The molecule has 1 heterocycles.